The van der Waals surface area contributed by atoms with Gasteiger partial charge in [-0.2, -0.15) is 26.3 Å². The minimum atomic E-state index is -4.49. The van der Waals surface area contributed by atoms with Crippen LogP contribution in [-0.4, -0.2) is 46.0 Å². The number of alkyl halides is 6. The van der Waals surface area contributed by atoms with E-state index in [1.165, 1.54) is 37.1 Å². The van der Waals surface area contributed by atoms with Gasteiger partial charge in [0, 0.05) is 33.9 Å². The van der Waals surface area contributed by atoms with E-state index < -0.39 is 35.4 Å². The number of benzene rings is 4. The van der Waals surface area contributed by atoms with Crippen LogP contribution < -0.4 is 9.47 Å². The van der Waals surface area contributed by atoms with Crippen LogP contribution in [0.3, 0.4) is 0 Å². The molecule has 2 aliphatic rings. The summed E-state index contributed by atoms with van der Waals surface area (Å²) in [6.07, 6.45) is 2.35. The number of hydrogen-bond acceptors (Lipinski definition) is 5. The number of esters is 1. The summed E-state index contributed by atoms with van der Waals surface area (Å²) in [7, 11) is 0. The van der Waals surface area contributed by atoms with E-state index in [0.29, 0.717) is 76.0 Å². The van der Waals surface area contributed by atoms with E-state index in [0.717, 1.165) is 87.0 Å². The monoisotopic (exact) mass is 942 g/mol. The third kappa shape index (κ3) is 12.0. The molecule has 2 aliphatic carbocycles. The van der Waals surface area contributed by atoms with Gasteiger partial charge in [0.25, 0.3) is 0 Å². The Morgan fingerprint density at radius 1 is 0.574 bits per heavy atom. The molecule has 8 rings (SSSR count). The van der Waals surface area contributed by atoms with Gasteiger partial charge in [0.1, 0.15) is 11.5 Å². The topological polar surface area (TPSA) is 91.9 Å². The minimum Gasteiger partial charge on any atom is -0.493 e. The Kier molecular flexibility index (Phi) is 15.8. The van der Waals surface area contributed by atoms with Crippen molar-refractivity contribution in [2.24, 2.45) is 11.8 Å². The van der Waals surface area contributed by atoms with Gasteiger partial charge in [-0.15, -0.1) is 0 Å². The summed E-state index contributed by atoms with van der Waals surface area (Å²) in [5.74, 6) is 0.102. The zero-order valence-corrected chi connectivity index (χ0v) is 38.4. The summed E-state index contributed by atoms with van der Waals surface area (Å²) in [4.78, 5) is 23.7. The molecule has 0 spiro atoms. The quantitative estimate of drug-likeness (QED) is 0.0916. The number of hydrogen-bond donors (Lipinski definition) is 1. The fourth-order valence-corrected chi connectivity index (χ4v) is 9.14. The van der Waals surface area contributed by atoms with Crippen LogP contribution in [0.4, 0.5) is 26.3 Å². The lowest BCUT2D eigenvalue weighted by atomic mass is 9.90. The van der Waals surface area contributed by atoms with Crippen LogP contribution in [0.15, 0.2) is 109 Å². The lowest BCUT2D eigenvalue weighted by Gasteiger charge is -2.23. The first-order valence-electron chi connectivity index (χ1n) is 23.2. The van der Waals surface area contributed by atoms with Gasteiger partial charge in [0.15, 0.2) is 0 Å². The van der Waals surface area contributed by atoms with Gasteiger partial charge >= 0.3 is 24.3 Å². The van der Waals surface area contributed by atoms with Crippen LogP contribution in [0.2, 0.25) is 0 Å². The van der Waals surface area contributed by atoms with Gasteiger partial charge in [-0.3, -0.25) is 0 Å². The van der Waals surface area contributed by atoms with Crippen LogP contribution in [-0.2, 0) is 17.1 Å². The van der Waals surface area contributed by atoms with Gasteiger partial charge in [-0.25, -0.2) is 9.59 Å². The smallest absolute Gasteiger partial charge is 0.416 e. The summed E-state index contributed by atoms with van der Waals surface area (Å²) < 4.78 is 102. The van der Waals surface area contributed by atoms with Crippen LogP contribution >= 0.6 is 0 Å². The molecule has 0 bridgehead atoms. The molecule has 2 aromatic heterocycles. The zero-order valence-electron chi connectivity index (χ0n) is 38.4. The Morgan fingerprint density at radius 2 is 1.00 bits per heavy atom. The molecule has 360 valence electrons. The lowest BCUT2D eigenvalue weighted by molar-refractivity contribution is -0.138. The molecule has 14 heteroatoms. The fraction of sp³-hybridized carbons (Fsp3) is 0.370. The van der Waals surface area contributed by atoms with Gasteiger partial charge < -0.3 is 28.5 Å². The first-order chi connectivity index (χ1) is 32.5. The maximum atomic E-state index is 13.6. The first kappa shape index (κ1) is 49.5. The second-order valence-corrected chi connectivity index (χ2v) is 17.6. The number of carbonyl (C=O) groups excluding carboxylic acids is 1. The van der Waals surface area contributed by atoms with Gasteiger partial charge in [-0.05, 0) is 155 Å². The van der Waals surface area contributed by atoms with Crippen LogP contribution in [0.5, 0.6) is 11.5 Å². The van der Waals surface area contributed by atoms with Crippen LogP contribution in [0.25, 0.3) is 33.9 Å². The molecule has 68 heavy (non-hydrogen) atoms. The Morgan fingerprint density at radius 3 is 1.41 bits per heavy atom. The predicted octanol–water partition coefficient (Wildman–Crippen LogP) is 14.7. The number of carboxylic acids is 1. The Balaban J connectivity index is 0.000000202. The minimum absolute atomic E-state index is 0.101. The third-order valence-electron chi connectivity index (χ3n) is 12.7. The van der Waals surface area contributed by atoms with E-state index in [2.05, 4.69) is 0 Å². The highest BCUT2D eigenvalue weighted by atomic mass is 19.4. The van der Waals surface area contributed by atoms with Crippen molar-refractivity contribution < 1.29 is 55.2 Å². The highest BCUT2D eigenvalue weighted by Crippen LogP contribution is 2.42. The van der Waals surface area contributed by atoms with Crippen molar-refractivity contribution in [3.63, 3.8) is 0 Å². The molecule has 0 aliphatic heterocycles. The molecule has 6 aromatic rings. The number of aromatic carboxylic acids is 1. The molecule has 4 aromatic carbocycles. The van der Waals surface area contributed by atoms with Gasteiger partial charge in [0.2, 0.25) is 0 Å². The Hall–Kier alpha value is -6.44. The van der Waals surface area contributed by atoms with Crippen molar-refractivity contribution in [3.8, 4) is 45.4 Å². The number of halogens is 6. The van der Waals surface area contributed by atoms with Crippen molar-refractivity contribution in [1.82, 2.24) is 9.13 Å². The van der Waals surface area contributed by atoms with Crippen LogP contribution in [0.1, 0.15) is 114 Å². The summed E-state index contributed by atoms with van der Waals surface area (Å²) in [5, 5.41) is 9.37. The molecular formula is C54H56F6N2O6. The van der Waals surface area contributed by atoms with E-state index in [9.17, 15) is 41.0 Å². The number of ether oxygens (including phenoxy) is 3. The maximum Gasteiger partial charge on any atom is 0.416 e. The standard InChI is InChI=1S/C28H30F3NO3.C26H26F3NO3/c1-3-34-27(33)21-10-7-11-23(16-21)32-19(2)12-14-25(32)24-17-22(28(29,30)31)13-15-26(24)35-18-20-8-5-4-6-9-20;1-17-10-12-23(30(17)21-9-5-8-19(14-21)25(31)32)22-15-20(26(27,28)29)11-13-24(22)33-16-18-6-3-2-4-7-18/h7,10-17,20H,3-6,8-9,18H2,1-2H3;5,8-15,18H,2-4,6-7,16H2,1H3,(H,31,32). The van der Waals surface area contributed by atoms with Crippen molar-refractivity contribution in [2.45, 2.75) is 97.3 Å². The van der Waals surface area contributed by atoms with Crippen molar-refractivity contribution in [1.29, 1.82) is 0 Å². The molecule has 0 atom stereocenters. The largest absolute Gasteiger partial charge is 0.493 e. The first-order valence-corrected chi connectivity index (χ1v) is 23.2. The van der Waals surface area contributed by atoms with Crippen molar-refractivity contribution in [2.75, 3.05) is 19.8 Å². The highest BCUT2D eigenvalue weighted by Gasteiger charge is 2.33. The second kappa shape index (κ2) is 21.7. The molecular weight excluding hydrogens is 887 g/mol. The third-order valence-corrected chi connectivity index (χ3v) is 12.7. The number of rotatable bonds is 13. The van der Waals surface area contributed by atoms with E-state index in [1.54, 1.807) is 60.0 Å². The maximum absolute atomic E-state index is 13.6. The fourth-order valence-electron chi connectivity index (χ4n) is 9.14. The SMILES string of the molecule is CCOC(=O)c1cccc(-n2c(C)ccc2-c2cc(C(F)(F)F)ccc2OCC2CCCCC2)c1.Cc1ccc(-c2cc(C(F)(F)F)ccc2OCC2CCCCC2)n1-c1cccc(C(=O)O)c1. The number of aromatic nitrogens is 2. The normalized spacial score (nSPS) is 14.8. The van der Waals surface area contributed by atoms with Crippen LogP contribution in [0, 0.1) is 25.7 Å². The van der Waals surface area contributed by atoms with Crippen molar-refractivity contribution >= 4 is 11.9 Å². The summed E-state index contributed by atoms with van der Waals surface area (Å²) in [6.45, 7) is 6.63. The molecule has 0 unspecified atom stereocenters. The molecule has 2 fully saturated rings. The average Bonchev–Trinajstić information content (AvgIpc) is 3.92. The lowest BCUT2D eigenvalue weighted by Crippen LogP contribution is -2.16. The number of carboxylic acid groups (broad SMARTS) is 1. The molecule has 2 heterocycles. The highest BCUT2D eigenvalue weighted by molar-refractivity contribution is 5.90. The summed E-state index contributed by atoms with van der Waals surface area (Å²) in [5.41, 5.74) is 3.56. The molecule has 2 saturated carbocycles. The number of nitrogens with zero attached hydrogens (tertiary/aromatic N) is 2. The molecule has 8 nitrogen and oxygen atoms in total. The van der Waals surface area contributed by atoms with Gasteiger partial charge in [0.05, 0.1) is 53.5 Å². The number of carbonyl (C=O) groups is 2. The number of aryl methyl sites for hydroxylation is 2. The molecule has 0 radical (unpaired) electrons. The summed E-state index contributed by atoms with van der Waals surface area (Å²) >= 11 is 0. The molecule has 0 saturated heterocycles. The zero-order chi connectivity index (χ0) is 48.6. The molecule has 0 amide bonds. The van der Waals surface area contributed by atoms with E-state index in [1.807, 2.05) is 30.5 Å². The molecule has 1 N–H and O–H groups in total. The van der Waals surface area contributed by atoms with E-state index in [4.69, 9.17) is 14.2 Å². The van der Waals surface area contributed by atoms with Gasteiger partial charge in [-0.1, -0.05) is 50.7 Å². The summed E-state index contributed by atoms with van der Waals surface area (Å²) in [6, 6.07) is 27.6. The van der Waals surface area contributed by atoms with E-state index >= 15 is 0 Å². The average molecular weight is 943 g/mol. The van der Waals surface area contributed by atoms with Crippen molar-refractivity contribution in [3.05, 3.63) is 143 Å². The Bertz CT molecular complexity index is 2690. The van der Waals surface area contributed by atoms with E-state index in [-0.39, 0.29) is 12.2 Å². The predicted molar refractivity (Wildman–Crippen MR) is 249 cm³/mol. The second-order valence-electron chi connectivity index (χ2n) is 17.6. The Labute approximate surface area is 392 Å².